The molecule has 1 aromatic carbocycles. The second-order valence-corrected chi connectivity index (χ2v) is 10.1. The molecule has 0 aliphatic carbocycles. The van der Waals surface area contributed by atoms with E-state index in [2.05, 4.69) is 17.3 Å². The average molecular weight is 447 g/mol. The van der Waals surface area contributed by atoms with Crippen molar-refractivity contribution >= 4 is 21.6 Å². The van der Waals surface area contributed by atoms with Gasteiger partial charge in [-0.25, -0.2) is 13.1 Å². The molecule has 166 valence electrons. The highest BCUT2D eigenvalue weighted by atomic mass is 32.2. The Morgan fingerprint density at radius 2 is 1.87 bits per heavy atom. The first-order valence-electron chi connectivity index (χ1n) is 10.4. The molecule has 10 heteroatoms. The molecule has 2 aliphatic rings. The van der Waals surface area contributed by atoms with Crippen molar-refractivity contribution in [2.24, 2.45) is 5.92 Å². The van der Waals surface area contributed by atoms with Crippen LogP contribution in [0.5, 0.6) is 0 Å². The van der Waals surface area contributed by atoms with E-state index in [1.54, 1.807) is 12.1 Å². The minimum atomic E-state index is -3.54. The van der Waals surface area contributed by atoms with Crippen molar-refractivity contribution in [3.8, 4) is 0 Å². The van der Waals surface area contributed by atoms with Crippen LogP contribution in [0.1, 0.15) is 44.1 Å². The van der Waals surface area contributed by atoms with E-state index in [0.717, 1.165) is 23.1 Å². The van der Waals surface area contributed by atoms with Gasteiger partial charge in [-0.05, 0) is 49.9 Å². The number of hydrogen-bond acceptors (Lipinski definition) is 6. The number of anilines is 1. The van der Waals surface area contributed by atoms with Crippen LogP contribution in [0.4, 0.5) is 5.69 Å². The Kier molecular flexibility index (Phi) is 5.96. The maximum absolute atomic E-state index is 12.8. The van der Waals surface area contributed by atoms with E-state index in [1.807, 2.05) is 6.92 Å². The van der Waals surface area contributed by atoms with Gasteiger partial charge in [-0.2, -0.15) is 9.40 Å². The molecule has 0 bridgehead atoms. The highest BCUT2D eigenvalue weighted by Gasteiger charge is 2.28. The summed E-state index contributed by atoms with van der Waals surface area (Å²) in [6.07, 6.45) is 1.49. The first-order valence-corrected chi connectivity index (χ1v) is 11.8. The molecule has 1 atom stereocenters. The molecule has 9 nitrogen and oxygen atoms in total. The van der Waals surface area contributed by atoms with Gasteiger partial charge in [-0.3, -0.25) is 9.59 Å². The number of nitrogens with one attached hydrogen (secondary N) is 1. The normalized spacial score (nSPS) is 19.9. The van der Waals surface area contributed by atoms with Gasteiger partial charge in [0.2, 0.25) is 15.9 Å². The summed E-state index contributed by atoms with van der Waals surface area (Å²) in [6.45, 7) is 5.11. The number of piperidine rings is 1. The Morgan fingerprint density at radius 3 is 2.55 bits per heavy atom. The summed E-state index contributed by atoms with van der Waals surface area (Å²) in [5, 5.41) is 6.93. The van der Waals surface area contributed by atoms with Crippen LogP contribution in [0.15, 0.2) is 40.0 Å². The minimum Gasteiger partial charge on any atom is -0.367 e. The highest BCUT2D eigenvalue weighted by Crippen LogP contribution is 2.26. The predicted octanol–water partition coefficient (Wildman–Crippen LogP) is 1.89. The molecule has 2 aliphatic heterocycles. The highest BCUT2D eigenvalue weighted by molar-refractivity contribution is 7.89. The Balaban J connectivity index is 1.42. The van der Waals surface area contributed by atoms with E-state index in [-0.39, 0.29) is 23.1 Å². The number of amides is 1. The Hall–Kier alpha value is -2.56. The smallest absolute Gasteiger partial charge is 0.267 e. The van der Waals surface area contributed by atoms with Crippen LogP contribution < -0.4 is 10.9 Å². The fourth-order valence-corrected chi connectivity index (χ4v) is 5.30. The second kappa shape index (κ2) is 8.52. The Bertz CT molecular complexity index is 1140. The van der Waals surface area contributed by atoms with Crippen LogP contribution in [0.25, 0.3) is 0 Å². The van der Waals surface area contributed by atoms with Gasteiger partial charge >= 0.3 is 0 Å². The van der Waals surface area contributed by atoms with E-state index in [9.17, 15) is 18.0 Å². The summed E-state index contributed by atoms with van der Waals surface area (Å²) in [5.74, 6) is 0.106. The molecule has 31 heavy (non-hydrogen) atoms. The minimum absolute atomic E-state index is 0.200. The number of fused-ring (bicyclic) bond motifs is 1. The lowest BCUT2D eigenvalue weighted by molar-refractivity contribution is -0.117. The Morgan fingerprint density at radius 1 is 1.19 bits per heavy atom. The number of aromatic nitrogens is 2. The molecule has 0 spiro atoms. The molecule has 4 rings (SSSR count). The van der Waals surface area contributed by atoms with Crippen LogP contribution in [0.2, 0.25) is 0 Å². The van der Waals surface area contributed by atoms with Crippen molar-refractivity contribution in [2.75, 3.05) is 18.4 Å². The maximum atomic E-state index is 12.8. The summed E-state index contributed by atoms with van der Waals surface area (Å²) in [6, 6.07) is 7.52. The van der Waals surface area contributed by atoms with Crippen molar-refractivity contribution in [1.82, 2.24) is 14.1 Å². The third kappa shape index (κ3) is 4.56. The SMILES string of the molecule is CC1CCN(S(=O)(=O)c2ccc(NC(=O)Cn3nc4c(cc3=O)CO[C@H]4C)cc2)CC1. The van der Waals surface area contributed by atoms with Crippen LogP contribution in [-0.2, 0) is 32.7 Å². The number of ether oxygens (including phenoxy) is 1. The van der Waals surface area contributed by atoms with Crippen LogP contribution in [-0.4, -0.2) is 41.5 Å². The van der Waals surface area contributed by atoms with Gasteiger partial charge in [0.05, 0.1) is 23.3 Å². The van der Waals surface area contributed by atoms with E-state index < -0.39 is 15.9 Å². The maximum Gasteiger partial charge on any atom is 0.267 e. The number of hydrogen-bond donors (Lipinski definition) is 1. The van der Waals surface area contributed by atoms with E-state index >= 15 is 0 Å². The van der Waals surface area contributed by atoms with Gasteiger partial charge < -0.3 is 10.1 Å². The third-order valence-electron chi connectivity index (χ3n) is 5.80. The molecule has 1 amide bonds. The average Bonchev–Trinajstić information content (AvgIpc) is 3.08. The topological polar surface area (TPSA) is 111 Å². The molecule has 0 unspecified atom stereocenters. The molecular weight excluding hydrogens is 420 g/mol. The van der Waals surface area contributed by atoms with Crippen molar-refractivity contribution in [2.45, 2.75) is 50.8 Å². The van der Waals surface area contributed by atoms with Gasteiger partial charge in [0.25, 0.3) is 5.56 Å². The summed E-state index contributed by atoms with van der Waals surface area (Å²) in [4.78, 5) is 24.8. The fraction of sp³-hybridized carbons (Fsp3) is 0.476. The number of carbonyl (C=O) groups excluding carboxylic acids is 1. The summed E-state index contributed by atoms with van der Waals surface area (Å²) in [7, 11) is -3.54. The van der Waals surface area contributed by atoms with Crippen molar-refractivity contribution in [3.05, 3.63) is 51.9 Å². The molecule has 3 heterocycles. The van der Waals surface area contributed by atoms with Crippen molar-refractivity contribution in [3.63, 3.8) is 0 Å². The van der Waals surface area contributed by atoms with E-state index in [1.165, 1.54) is 22.5 Å². The zero-order valence-corrected chi connectivity index (χ0v) is 18.4. The summed E-state index contributed by atoms with van der Waals surface area (Å²) < 4.78 is 33.7. The van der Waals surface area contributed by atoms with Crippen LogP contribution in [0.3, 0.4) is 0 Å². The predicted molar refractivity (Wildman–Crippen MR) is 114 cm³/mol. The molecule has 1 saturated heterocycles. The van der Waals surface area contributed by atoms with Crippen molar-refractivity contribution in [1.29, 1.82) is 0 Å². The number of nitrogens with zero attached hydrogens (tertiary/aromatic N) is 3. The van der Waals surface area contributed by atoms with Crippen LogP contribution in [0, 0.1) is 5.92 Å². The van der Waals surface area contributed by atoms with Crippen LogP contribution >= 0.6 is 0 Å². The molecular formula is C21H26N4O5S. The quantitative estimate of drug-likeness (QED) is 0.751. The standard InChI is InChI=1S/C21H26N4O5S/c1-14-7-9-24(10-8-14)31(28,29)18-5-3-17(4-6-18)22-19(26)12-25-20(27)11-16-13-30-15(2)21(16)23-25/h3-6,11,14-15H,7-10,12-13H2,1-2H3,(H,22,26)/t15-/m0/s1. The van der Waals surface area contributed by atoms with E-state index in [0.29, 0.717) is 37.0 Å². The van der Waals surface area contributed by atoms with Gasteiger partial charge in [0.15, 0.2) is 0 Å². The van der Waals surface area contributed by atoms with Gasteiger partial charge in [-0.1, -0.05) is 6.92 Å². The lowest BCUT2D eigenvalue weighted by atomic mass is 10.0. The van der Waals surface area contributed by atoms with Crippen molar-refractivity contribution < 1.29 is 17.9 Å². The summed E-state index contributed by atoms with van der Waals surface area (Å²) in [5.41, 5.74) is 1.48. The lowest BCUT2D eigenvalue weighted by Crippen LogP contribution is -2.37. The third-order valence-corrected chi connectivity index (χ3v) is 7.71. The molecule has 1 N–H and O–H groups in total. The Labute approximate surface area is 181 Å². The molecule has 1 fully saturated rings. The molecule has 1 aromatic heterocycles. The lowest BCUT2D eigenvalue weighted by Gasteiger charge is -2.29. The monoisotopic (exact) mass is 446 g/mol. The number of rotatable bonds is 5. The fourth-order valence-electron chi connectivity index (χ4n) is 3.83. The molecule has 0 radical (unpaired) electrons. The first kappa shape index (κ1) is 21.7. The summed E-state index contributed by atoms with van der Waals surface area (Å²) >= 11 is 0. The van der Waals surface area contributed by atoms with Gasteiger partial charge in [0, 0.05) is 30.4 Å². The van der Waals surface area contributed by atoms with Gasteiger partial charge in [-0.15, -0.1) is 0 Å². The zero-order valence-electron chi connectivity index (χ0n) is 17.6. The number of sulfonamides is 1. The number of carbonyl (C=O) groups is 1. The second-order valence-electron chi connectivity index (χ2n) is 8.16. The van der Waals surface area contributed by atoms with E-state index in [4.69, 9.17) is 4.74 Å². The molecule has 2 aromatic rings. The molecule has 0 saturated carbocycles. The van der Waals surface area contributed by atoms with Gasteiger partial charge in [0.1, 0.15) is 6.54 Å². The number of benzene rings is 1. The first-order chi connectivity index (χ1) is 14.7. The zero-order chi connectivity index (χ0) is 22.2. The largest absolute Gasteiger partial charge is 0.367 e.